The van der Waals surface area contributed by atoms with E-state index in [-0.39, 0.29) is 5.41 Å². The molecule has 0 atom stereocenters. The maximum Gasteiger partial charge on any atom is 0.0691 e. The Kier molecular flexibility index (Phi) is 4.92. The van der Waals surface area contributed by atoms with Crippen LogP contribution in [0.4, 0.5) is 0 Å². The van der Waals surface area contributed by atoms with Gasteiger partial charge in [-0.05, 0) is 32.6 Å². The predicted octanol–water partition coefficient (Wildman–Crippen LogP) is 2.12. The summed E-state index contributed by atoms with van der Waals surface area (Å²) < 4.78 is 10.5. The van der Waals surface area contributed by atoms with Crippen molar-refractivity contribution in [3.8, 4) is 6.07 Å². The Bertz CT molecular complexity index is 192. The summed E-state index contributed by atoms with van der Waals surface area (Å²) in [4.78, 5) is 0. The van der Waals surface area contributed by atoms with Crippen LogP contribution in [-0.4, -0.2) is 26.4 Å². The zero-order chi connectivity index (χ0) is 10.3. The quantitative estimate of drug-likeness (QED) is 0.634. The van der Waals surface area contributed by atoms with Crippen molar-refractivity contribution in [3.05, 3.63) is 0 Å². The van der Waals surface area contributed by atoms with Crippen molar-refractivity contribution in [1.82, 2.24) is 0 Å². The Labute approximate surface area is 86.0 Å². The first kappa shape index (κ1) is 11.5. The minimum atomic E-state index is -0.130. The van der Waals surface area contributed by atoms with E-state index in [9.17, 15) is 0 Å². The number of ether oxygens (including phenoxy) is 2. The third-order valence-electron chi connectivity index (χ3n) is 2.84. The van der Waals surface area contributed by atoms with Gasteiger partial charge in [0.25, 0.3) is 0 Å². The average molecular weight is 197 g/mol. The summed E-state index contributed by atoms with van der Waals surface area (Å²) in [6.45, 7) is 5.02. The summed E-state index contributed by atoms with van der Waals surface area (Å²) in [7, 11) is 0. The summed E-state index contributed by atoms with van der Waals surface area (Å²) in [6.07, 6.45) is 3.71. The molecule has 0 aromatic carbocycles. The molecule has 0 radical (unpaired) electrons. The van der Waals surface area contributed by atoms with Gasteiger partial charge in [-0.3, -0.25) is 0 Å². The third kappa shape index (κ3) is 3.28. The van der Waals surface area contributed by atoms with Crippen LogP contribution in [0.3, 0.4) is 0 Å². The van der Waals surface area contributed by atoms with Crippen LogP contribution in [0.25, 0.3) is 0 Å². The Morgan fingerprint density at radius 1 is 1.43 bits per heavy atom. The first-order chi connectivity index (χ1) is 6.83. The zero-order valence-electron chi connectivity index (χ0n) is 8.92. The number of hydrogen-bond donors (Lipinski definition) is 0. The van der Waals surface area contributed by atoms with Gasteiger partial charge in [0.05, 0.1) is 11.5 Å². The standard InChI is InChI=1S/C11H19NO2/c1-2-13-7-3-4-11(10-12)5-8-14-9-6-11/h2-9H2,1H3. The molecule has 0 aromatic heterocycles. The van der Waals surface area contributed by atoms with E-state index in [0.717, 1.165) is 52.1 Å². The van der Waals surface area contributed by atoms with Crippen molar-refractivity contribution >= 4 is 0 Å². The maximum atomic E-state index is 9.15. The summed E-state index contributed by atoms with van der Waals surface area (Å²) in [5, 5.41) is 9.15. The van der Waals surface area contributed by atoms with Crippen LogP contribution < -0.4 is 0 Å². The van der Waals surface area contributed by atoms with E-state index in [0.29, 0.717) is 0 Å². The lowest BCUT2D eigenvalue weighted by Gasteiger charge is -2.30. The summed E-state index contributed by atoms with van der Waals surface area (Å²) >= 11 is 0. The molecular weight excluding hydrogens is 178 g/mol. The maximum absolute atomic E-state index is 9.15. The molecule has 80 valence electrons. The normalized spacial score (nSPS) is 20.3. The molecule has 1 heterocycles. The minimum Gasteiger partial charge on any atom is -0.382 e. The minimum absolute atomic E-state index is 0.130. The molecule has 0 unspecified atom stereocenters. The van der Waals surface area contributed by atoms with Crippen LogP contribution in [0.2, 0.25) is 0 Å². The first-order valence-electron chi connectivity index (χ1n) is 5.40. The molecule has 0 bridgehead atoms. The van der Waals surface area contributed by atoms with Gasteiger partial charge in [-0.1, -0.05) is 0 Å². The molecule has 1 fully saturated rings. The van der Waals surface area contributed by atoms with Gasteiger partial charge < -0.3 is 9.47 Å². The number of nitriles is 1. The first-order valence-corrected chi connectivity index (χ1v) is 5.40. The van der Waals surface area contributed by atoms with E-state index >= 15 is 0 Å². The van der Waals surface area contributed by atoms with E-state index in [1.54, 1.807) is 0 Å². The molecule has 0 aromatic rings. The Morgan fingerprint density at radius 2 is 2.14 bits per heavy atom. The second kappa shape index (κ2) is 6.00. The molecule has 1 aliphatic rings. The van der Waals surface area contributed by atoms with Crippen molar-refractivity contribution in [3.63, 3.8) is 0 Å². The molecule has 0 N–H and O–H groups in total. The van der Waals surface area contributed by atoms with Gasteiger partial charge >= 0.3 is 0 Å². The van der Waals surface area contributed by atoms with E-state index < -0.39 is 0 Å². The van der Waals surface area contributed by atoms with E-state index in [1.165, 1.54) is 0 Å². The highest BCUT2D eigenvalue weighted by Gasteiger charge is 2.31. The van der Waals surface area contributed by atoms with Crippen molar-refractivity contribution < 1.29 is 9.47 Å². The van der Waals surface area contributed by atoms with Crippen LogP contribution in [-0.2, 0) is 9.47 Å². The summed E-state index contributed by atoms with van der Waals surface area (Å²) in [6, 6.07) is 2.46. The molecule has 0 aliphatic carbocycles. The Hall–Kier alpha value is -0.590. The van der Waals surface area contributed by atoms with E-state index in [4.69, 9.17) is 14.7 Å². The zero-order valence-corrected chi connectivity index (χ0v) is 8.92. The van der Waals surface area contributed by atoms with Crippen LogP contribution in [0.15, 0.2) is 0 Å². The summed E-state index contributed by atoms with van der Waals surface area (Å²) in [5.74, 6) is 0. The monoisotopic (exact) mass is 197 g/mol. The van der Waals surface area contributed by atoms with Crippen molar-refractivity contribution in [2.24, 2.45) is 5.41 Å². The van der Waals surface area contributed by atoms with E-state index in [2.05, 4.69) is 6.07 Å². The predicted molar refractivity (Wildman–Crippen MR) is 53.8 cm³/mol. The van der Waals surface area contributed by atoms with Crippen LogP contribution in [0, 0.1) is 16.7 Å². The molecule has 14 heavy (non-hydrogen) atoms. The Morgan fingerprint density at radius 3 is 2.71 bits per heavy atom. The SMILES string of the molecule is CCOCCCC1(C#N)CCOCC1. The molecular formula is C11H19NO2. The van der Waals surface area contributed by atoms with Gasteiger partial charge in [0, 0.05) is 26.4 Å². The number of nitrogens with zero attached hydrogens (tertiary/aromatic N) is 1. The fraction of sp³-hybridized carbons (Fsp3) is 0.909. The molecule has 3 heteroatoms. The van der Waals surface area contributed by atoms with Gasteiger partial charge in [-0.2, -0.15) is 5.26 Å². The lowest BCUT2D eigenvalue weighted by atomic mass is 9.78. The van der Waals surface area contributed by atoms with Gasteiger partial charge in [-0.15, -0.1) is 0 Å². The molecule has 3 nitrogen and oxygen atoms in total. The lowest BCUT2D eigenvalue weighted by Crippen LogP contribution is -2.28. The number of hydrogen-bond acceptors (Lipinski definition) is 3. The fourth-order valence-electron chi connectivity index (χ4n) is 1.84. The van der Waals surface area contributed by atoms with Gasteiger partial charge in [0.15, 0.2) is 0 Å². The van der Waals surface area contributed by atoms with E-state index in [1.807, 2.05) is 6.92 Å². The average Bonchev–Trinajstić information content (AvgIpc) is 2.26. The van der Waals surface area contributed by atoms with Crippen molar-refractivity contribution in [2.75, 3.05) is 26.4 Å². The van der Waals surface area contributed by atoms with Crippen molar-refractivity contribution in [1.29, 1.82) is 5.26 Å². The topological polar surface area (TPSA) is 42.2 Å². The highest BCUT2D eigenvalue weighted by atomic mass is 16.5. The molecule has 0 saturated carbocycles. The van der Waals surface area contributed by atoms with Gasteiger partial charge in [0.2, 0.25) is 0 Å². The largest absolute Gasteiger partial charge is 0.382 e. The fourth-order valence-corrected chi connectivity index (χ4v) is 1.84. The van der Waals surface area contributed by atoms with Gasteiger partial charge in [0.1, 0.15) is 0 Å². The second-order valence-corrected chi connectivity index (χ2v) is 3.80. The lowest BCUT2D eigenvalue weighted by molar-refractivity contribution is 0.0315. The van der Waals surface area contributed by atoms with Crippen molar-refractivity contribution in [2.45, 2.75) is 32.6 Å². The highest BCUT2D eigenvalue weighted by Crippen LogP contribution is 2.34. The number of rotatable bonds is 5. The molecule has 0 amide bonds. The van der Waals surface area contributed by atoms with Crippen LogP contribution in [0.5, 0.6) is 0 Å². The molecule has 1 rings (SSSR count). The summed E-state index contributed by atoms with van der Waals surface area (Å²) in [5.41, 5.74) is -0.130. The Balaban J connectivity index is 2.26. The second-order valence-electron chi connectivity index (χ2n) is 3.80. The smallest absolute Gasteiger partial charge is 0.0691 e. The highest BCUT2D eigenvalue weighted by molar-refractivity contribution is 4.99. The van der Waals surface area contributed by atoms with Gasteiger partial charge in [-0.25, -0.2) is 0 Å². The third-order valence-corrected chi connectivity index (χ3v) is 2.84. The van der Waals surface area contributed by atoms with Crippen LogP contribution in [0.1, 0.15) is 32.6 Å². The molecule has 0 spiro atoms. The molecule has 1 saturated heterocycles. The molecule has 1 aliphatic heterocycles. The van der Waals surface area contributed by atoms with Crippen LogP contribution >= 0.6 is 0 Å².